The minimum Gasteiger partial charge on any atom is -0.309 e. The number of aryl methyl sites for hydroxylation is 1. The second kappa shape index (κ2) is 6.35. The van der Waals surface area contributed by atoms with E-state index in [4.69, 9.17) is 0 Å². The molecule has 3 nitrogen and oxygen atoms in total. The van der Waals surface area contributed by atoms with Crippen molar-refractivity contribution in [3.05, 3.63) is 16.1 Å². The lowest BCUT2D eigenvalue weighted by Gasteiger charge is -2.10. The third-order valence-corrected chi connectivity index (χ3v) is 4.08. The molecule has 15 heavy (non-hydrogen) atoms. The summed E-state index contributed by atoms with van der Waals surface area (Å²) in [6.07, 6.45) is 4.64. The Balaban J connectivity index is 2.24. The molecule has 0 aliphatic carbocycles. The Bertz CT molecular complexity index is 325. The Morgan fingerprint density at radius 1 is 1.67 bits per heavy atom. The fourth-order valence-corrected chi connectivity index (χ4v) is 2.64. The number of thiazole rings is 1. The van der Waals surface area contributed by atoms with E-state index in [2.05, 4.69) is 17.2 Å². The molecule has 0 bridgehead atoms. The van der Waals surface area contributed by atoms with Crippen LogP contribution in [0.2, 0.25) is 0 Å². The SMILES string of the molecule is Cc1ncc(C(C)NCCCS(C)=O)s1. The van der Waals surface area contributed by atoms with Gasteiger partial charge in [0.15, 0.2) is 0 Å². The van der Waals surface area contributed by atoms with Crippen LogP contribution in [-0.2, 0) is 10.8 Å². The maximum Gasteiger partial charge on any atom is 0.0897 e. The van der Waals surface area contributed by atoms with E-state index in [1.165, 1.54) is 4.88 Å². The lowest BCUT2D eigenvalue weighted by Crippen LogP contribution is -2.20. The maximum atomic E-state index is 10.8. The normalized spacial score (nSPS) is 15.1. The van der Waals surface area contributed by atoms with Crippen LogP contribution in [0.1, 0.15) is 29.3 Å². The van der Waals surface area contributed by atoms with E-state index in [-0.39, 0.29) is 0 Å². The molecule has 0 amide bonds. The Kier molecular flexibility index (Phi) is 5.42. The average molecular weight is 246 g/mol. The summed E-state index contributed by atoms with van der Waals surface area (Å²) in [6.45, 7) is 5.06. The molecule has 0 spiro atoms. The van der Waals surface area contributed by atoms with E-state index >= 15 is 0 Å². The highest BCUT2D eigenvalue weighted by atomic mass is 32.2. The van der Waals surface area contributed by atoms with Gasteiger partial charge in [-0.05, 0) is 26.8 Å². The van der Waals surface area contributed by atoms with E-state index in [0.717, 1.165) is 23.7 Å². The van der Waals surface area contributed by atoms with Crippen molar-refractivity contribution in [2.24, 2.45) is 0 Å². The first kappa shape index (κ1) is 12.8. The smallest absolute Gasteiger partial charge is 0.0897 e. The van der Waals surface area contributed by atoms with Crippen LogP contribution in [-0.4, -0.2) is 27.7 Å². The van der Waals surface area contributed by atoms with Crippen LogP contribution in [0.4, 0.5) is 0 Å². The van der Waals surface area contributed by atoms with E-state index < -0.39 is 10.8 Å². The van der Waals surface area contributed by atoms with Crippen molar-refractivity contribution in [3.8, 4) is 0 Å². The van der Waals surface area contributed by atoms with Gasteiger partial charge in [0.05, 0.1) is 5.01 Å². The second-order valence-electron chi connectivity index (χ2n) is 3.59. The molecule has 0 radical (unpaired) electrons. The first-order chi connectivity index (χ1) is 7.09. The largest absolute Gasteiger partial charge is 0.309 e. The van der Waals surface area contributed by atoms with Gasteiger partial charge in [-0.15, -0.1) is 11.3 Å². The number of hydrogen-bond donors (Lipinski definition) is 1. The van der Waals surface area contributed by atoms with Crippen LogP contribution in [0.3, 0.4) is 0 Å². The van der Waals surface area contributed by atoms with E-state index in [1.807, 2.05) is 13.1 Å². The van der Waals surface area contributed by atoms with Gasteiger partial charge in [-0.2, -0.15) is 0 Å². The standard InChI is InChI=1S/C10H18N2OS2/c1-8(10-7-12-9(2)14-10)11-5-4-6-15(3)13/h7-8,11H,4-6H2,1-3H3. The van der Waals surface area contributed by atoms with E-state index in [0.29, 0.717) is 6.04 Å². The lowest BCUT2D eigenvalue weighted by molar-refractivity contribution is 0.577. The monoisotopic (exact) mass is 246 g/mol. The molecule has 0 fully saturated rings. The van der Waals surface area contributed by atoms with Gasteiger partial charge < -0.3 is 5.32 Å². The minimum absolute atomic E-state index is 0.349. The molecular formula is C10H18N2OS2. The zero-order chi connectivity index (χ0) is 11.3. The highest BCUT2D eigenvalue weighted by Crippen LogP contribution is 2.19. The maximum absolute atomic E-state index is 10.8. The van der Waals surface area contributed by atoms with Crippen molar-refractivity contribution in [1.82, 2.24) is 10.3 Å². The van der Waals surface area contributed by atoms with Gasteiger partial charge in [-0.25, -0.2) is 4.98 Å². The minimum atomic E-state index is -0.670. The van der Waals surface area contributed by atoms with Crippen LogP contribution in [0.25, 0.3) is 0 Å². The van der Waals surface area contributed by atoms with Gasteiger partial charge in [0, 0.05) is 39.9 Å². The molecule has 1 N–H and O–H groups in total. The number of hydrogen-bond acceptors (Lipinski definition) is 4. The van der Waals surface area contributed by atoms with Gasteiger partial charge >= 0.3 is 0 Å². The van der Waals surface area contributed by atoms with Crippen molar-refractivity contribution in [1.29, 1.82) is 0 Å². The van der Waals surface area contributed by atoms with Crippen LogP contribution in [0, 0.1) is 6.92 Å². The molecule has 2 atom stereocenters. The van der Waals surface area contributed by atoms with Crippen LogP contribution in [0.5, 0.6) is 0 Å². The molecule has 2 unspecified atom stereocenters. The fourth-order valence-electron chi connectivity index (χ4n) is 1.27. The summed E-state index contributed by atoms with van der Waals surface area (Å²) in [5, 5.41) is 4.51. The van der Waals surface area contributed by atoms with Crippen molar-refractivity contribution in [2.45, 2.75) is 26.3 Å². The van der Waals surface area contributed by atoms with Gasteiger partial charge in [0.1, 0.15) is 0 Å². The lowest BCUT2D eigenvalue weighted by atomic mass is 10.3. The third kappa shape index (κ3) is 4.86. The van der Waals surface area contributed by atoms with Crippen LogP contribution in [0.15, 0.2) is 6.20 Å². The van der Waals surface area contributed by atoms with E-state index in [9.17, 15) is 4.21 Å². The molecule has 5 heteroatoms. The van der Waals surface area contributed by atoms with Gasteiger partial charge in [-0.1, -0.05) is 0 Å². The molecule has 0 aromatic carbocycles. The molecule has 0 saturated heterocycles. The number of nitrogens with one attached hydrogen (secondary N) is 1. The Labute approximate surface area is 97.8 Å². The Morgan fingerprint density at radius 3 is 2.93 bits per heavy atom. The van der Waals surface area contributed by atoms with Crippen molar-refractivity contribution in [2.75, 3.05) is 18.6 Å². The molecule has 0 aliphatic rings. The quantitative estimate of drug-likeness (QED) is 0.779. The molecule has 1 aromatic rings. The van der Waals surface area contributed by atoms with Crippen LogP contribution < -0.4 is 5.32 Å². The first-order valence-corrected chi connectivity index (χ1v) is 7.59. The van der Waals surface area contributed by atoms with Crippen molar-refractivity contribution >= 4 is 22.1 Å². The topological polar surface area (TPSA) is 42.0 Å². The third-order valence-electron chi connectivity index (χ3n) is 2.13. The van der Waals surface area contributed by atoms with Gasteiger partial charge in [0.25, 0.3) is 0 Å². The predicted molar refractivity (Wildman–Crippen MR) is 66.8 cm³/mol. The number of rotatable bonds is 6. The van der Waals surface area contributed by atoms with Crippen molar-refractivity contribution < 1.29 is 4.21 Å². The van der Waals surface area contributed by atoms with Crippen LogP contribution >= 0.6 is 11.3 Å². The molecule has 0 aliphatic heterocycles. The predicted octanol–water partition coefficient (Wildman–Crippen LogP) is 1.87. The summed E-state index contributed by atoms with van der Waals surface area (Å²) in [4.78, 5) is 5.49. The summed E-state index contributed by atoms with van der Waals surface area (Å²) in [6, 6.07) is 0.349. The summed E-state index contributed by atoms with van der Waals surface area (Å²) in [5.74, 6) is 0.779. The number of aromatic nitrogens is 1. The second-order valence-corrected chi connectivity index (χ2v) is 6.41. The summed E-state index contributed by atoms with van der Waals surface area (Å²) < 4.78 is 10.8. The zero-order valence-corrected chi connectivity index (χ0v) is 11.1. The average Bonchev–Trinajstić information content (AvgIpc) is 2.59. The number of nitrogens with zero attached hydrogens (tertiary/aromatic N) is 1. The summed E-state index contributed by atoms with van der Waals surface area (Å²) >= 11 is 1.73. The van der Waals surface area contributed by atoms with Gasteiger partial charge in [0.2, 0.25) is 0 Å². The highest BCUT2D eigenvalue weighted by molar-refractivity contribution is 7.84. The van der Waals surface area contributed by atoms with E-state index in [1.54, 1.807) is 17.6 Å². The molecule has 0 saturated carbocycles. The molecular weight excluding hydrogens is 228 g/mol. The van der Waals surface area contributed by atoms with Gasteiger partial charge in [-0.3, -0.25) is 4.21 Å². The highest BCUT2D eigenvalue weighted by Gasteiger charge is 2.07. The summed E-state index contributed by atoms with van der Waals surface area (Å²) in [5.41, 5.74) is 0. The Hall–Kier alpha value is -0.260. The summed E-state index contributed by atoms with van der Waals surface area (Å²) in [7, 11) is -0.670. The fraction of sp³-hybridized carbons (Fsp3) is 0.700. The van der Waals surface area contributed by atoms with Crippen molar-refractivity contribution in [3.63, 3.8) is 0 Å². The molecule has 1 rings (SSSR count). The zero-order valence-electron chi connectivity index (χ0n) is 9.45. The molecule has 1 heterocycles. The first-order valence-electron chi connectivity index (χ1n) is 5.05. The molecule has 1 aromatic heterocycles. The Morgan fingerprint density at radius 2 is 2.40 bits per heavy atom. The molecule has 86 valence electrons.